The lowest BCUT2D eigenvalue weighted by Gasteiger charge is -2.41. The van der Waals surface area contributed by atoms with Gasteiger partial charge < -0.3 is 40.3 Å². The van der Waals surface area contributed by atoms with Crippen LogP contribution in [0.25, 0.3) is 0 Å². The molecule has 1 aliphatic heterocycles. The topological polar surface area (TPSA) is 212 Å². The molecule has 1 saturated heterocycles. The Balaban J connectivity index is 2.53. The normalized spacial score (nSPS) is 20.9. The van der Waals surface area contributed by atoms with Crippen LogP contribution in [0.5, 0.6) is 0 Å². The van der Waals surface area contributed by atoms with Crippen molar-refractivity contribution in [1.29, 1.82) is 0 Å². The van der Waals surface area contributed by atoms with Crippen LogP contribution in [0.2, 0.25) is 0 Å². The number of carbonyl (C=O) groups is 1. The summed E-state index contributed by atoms with van der Waals surface area (Å²) >= 11 is 0. The van der Waals surface area contributed by atoms with E-state index in [4.69, 9.17) is 9.47 Å². The molecule has 0 bridgehead atoms. The van der Waals surface area contributed by atoms with Gasteiger partial charge in [0.1, 0.15) is 30.5 Å². The molecule has 0 radical (unpaired) electrons. The lowest BCUT2D eigenvalue weighted by Crippen LogP contribution is -2.61. The van der Waals surface area contributed by atoms with E-state index >= 15 is 0 Å². The molecular formula is C51H95NO12S. The minimum Gasteiger partial charge on any atom is -0.394 e. The lowest BCUT2D eigenvalue weighted by molar-refractivity contribution is -0.298. The van der Waals surface area contributed by atoms with Gasteiger partial charge in [-0.3, -0.25) is 9.35 Å². The summed E-state index contributed by atoms with van der Waals surface area (Å²) in [6.07, 6.45) is 37.9. The van der Waals surface area contributed by atoms with Crippen molar-refractivity contribution < 1.29 is 57.0 Å². The molecule has 1 amide bonds. The summed E-state index contributed by atoms with van der Waals surface area (Å²) in [6, 6.07) is -1.14. The van der Waals surface area contributed by atoms with Gasteiger partial charge in [-0.2, -0.15) is 8.42 Å². The maximum Gasteiger partial charge on any atom is 0.397 e. The molecule has 0 spiro atoms. The van der Waals surface area contributed by atoms with Crippen LogP contribution in [-0.4, -0.2) is 107 Å². The first-order valence-electron chi connectivity index (χ1n) is 26.0. The fourth-order valence-electron chi connectivity index (χ4n) is 8.12. The Labute approximate surface area is 395 Å². The summed E-state index contributed by atoms with van der Waals surface area (Å²) in [5.41, 5.74) is 0. The van der Waals surface area contributed by atoms with E-state index in [9.17, 15) is 43.3 Å². The molecule has 8 atom stereocenters. The van der Waals surface area contributed by atoms with Crippen molar-refractivity contribution in [1.82, 2.24) is 5.32 Å². The zero-order valence-electron chi connectivity index (χ0n) is 40.7. The van der Waals surface area contributed by atoms with Gasteiger partial charge in [0.15, 0.2) is 6.29 Å². The van der Waals surface area contributed by atoms with Crippen LogP contribution < -0.4 is 5.32 Å². The molecule has 13 nitrogen and oxygen atoms in total. The van der Waals surface area contributed by atoms with Crippen molar-refractivity contribution in [2.45, 2.75) is 268 Å². The standard InChI is InChI=1S/C51H95NO12S/c1-3-5-7-9-11-13-15-17-19-21-22-23-24-26-28-30-32-34-36-38-40-45(55)50(58)52-43(42-62-51-48(57)49(64-65(59,60)61)47(56)46(41-53)63-51)44(54)39-37-35-33-31-29-27-25-20-18-16-14-12-10-8-6-4-2/h23-24,29,31,37,39,43-49,51,53-57H,3-22,25-28,30,32-36,38,40-42H2,1-2H3,(H,52,58)(H,59,60,61)/b24-23-,31-29+,39-37+. The second-order valence-corrected chi connectivity index (χ2v) is 19.3. The van der Waals surface area contributed by atoms with Crippen LogP contribution in [0.3, 0.4) is 0 Å². The quantitative estimate of drug-likeness (QED) is 0.0173. The van der Waals surface area contributed by atoms with Crippen LogP contribution in [0.4, 0.5) is 0 Å². The third kappa shape index (κ3) is 33.4. The average Bonchev–Trinajstić information content (AvgIpc) is 3.28. The molecular weight excluding hydrogens is 851 g/mol. The van der Waals surface area contributed by atoms with Crippen LogP contribution in [0.1, 0.15) is 219 Å². The Morgan fingerprint density at radius 1 is 0.615 bits per heavy atom. The maximum atomic E-state index is 13.2. The molecule has 65 heavy (non-hydrogen) atoms. The highest BCUT2D eigenvalue weighted by Gasteiger charge is 2.48. The Kier molecular flexibility index (Phi) is 38.9. The number of allylic oxidation sites excluding steroid dienone is 5. The molecule has 14 heteroatoms. The lowest BCUT2D eigenvalue weighted by atomic mass is 9.99. The van der Waals surface area contributed by atoms with Gasteiger partial charge >= 0.3 is 10.4 Å². The van der Waals surface area contributed by atoms with Crippen LogP contribution in [-0.2, 0) is 28.9 Å². The van der Waals surface area contributed by atoms with Gasteiger partial charge in [0.05, 0.1) is 25.4 Å². The smallest absolute Gasteiger partial charge is 0.394 e. The van der Waals surface area contributed by atoms with Crippen molar-refractivity contribution in [3.05, 3.63) is 36.5 Å². The first kappa shape index (κ1) is 61.3. The second kappa shape index (κ2) is 41.3. The summed E-state index contributed by atoms with van der Waals surface area (Å²) in [6.45, 7) is 3.21. The van der Waals surface area contributed by atoms with E-state index in [1.165, 1.54) is 128 Å². The van der Waals surface area contributed by atoms with Crippen molar-refractivity contribution in [3.63, 3.8) is 0 Å². The predicted molar refractivity (Wildman–Crippen MR) is 261 cm³/mol. The van der Waals surface area contributed by atoms with E-state index < -0.39 is 78.5 Å². The summed E-state index contributed by atoms with van der Waals surface area (Å²) < 4.78 is 47.6. The largest absolute Gasteiger partial charge is 0.397 e. The van der Waals surface area contributed by atoms with Gasteiger partial charge in [0, 0.05) is 0 Å². The zero-order valence-corrected chi connectivity index (χ0v) is 41.5. The fourth-order valence-corrected chi connectivity index (χ4v) is 8.63. The molecule has 1 aliphatic rings. The minimum absolute atomic E-state index is 0.230. The Morgan fingerprint density at radius 2 is 1.03 bits per heavy atom. The van der Waals surface area contributed by atoms with Gasteiger partial charge in [-0.15, -0.1) is 0 Å². The Hall–Kier alpha value is -1.72. The summed E-state index contributed by atoms with van der Waals surface area (Å²) in [4.78, 5) is 13.2. The van der Waals surface area contributed by atoms with Gasteiger partial charge in [-0.25, -0.2) is 4.18 Å². The van der Waals surface area contributed by atoms with Crippen molar-refractivity contribution in [2.24, 2.45) is 0 Å². The third-order valence-corrected chi connectivity index (χ3v) is 12.7. The molecule has 1 rings (SSSR count). The number of amides is 1. The van der Waals surface area contributed by atoms with Gasteiger partial charge in [-0.05, 0) is 57.8 Å². The van der Waals surface area contributed by atoms with Gasteiger partial charge in [0.25, 0.3) is 0 Å². The van der Waals surface area contributed by atoms with Gasteiger partial charge in [-0.1, -0.05) is 198 Å². The number of hydrogen-bond donors (Lipinski definition) is 7. The van der Waals surface area contributed by atoms with Crippen molar-refractivity contribution >= 4 is 16.3 Å². The maximum absolute atomic E-state index is 13.2. The highest BCUT2D eigenvalue weighted by atomic mass is 32.3. The monoisotopic (exact) mass is 946 g/mol. The second-order valence-electron chi connectivity index (χ2n) is 18.2. The number of aliphatic hydroxyl groups excluding tert-OH is 5. The molecule has 1 fully saturated rings. The van der Waals surface area contributed by atoms with E-state index in [0.29, 0.717) is 12.8 Å². The summed E-state index contributed by atoms with van der Waals surface area (Å²) in [5, 5.41) is 55.3. The molecule has 1 heterocycles. The molecule has 8 unspecified atom stereocenters. The first-order valence-corrected chi connectivity index (χ1v) is 27.3. The van der Waals surface area contributed by atoms with Crippen molar-refractivity contribution in [2.75, 3.05) is 13.2 Å². The molecule has 0 aliphatic carbocycles. The number of nitrogens with one attached hydrogen (secondary N) is 1. The van der Waals surface area contributed by atoms with Crippen LogP contribution in [0, 0.1) is 0 Å². The predicted octanol–water partition coefficient (Wildman–Crippen LogP) is 10.0. The number of hydrogen-bond acceptors (Lipinski definition) is 11. The van der Waals surface area contributed by atoms with E-state index in [0.717, 1.165) is 64.2 Å². The zero-order chi connectivity index (χ0) is 47.8. The third-order valence-electron chi connectivity index (χ3n) is 12.3. The summed E-state index contributed by atoms with van der Waals surface area (Å²) in [7, 11) is -5.12. The van der Waals surface area contributed by atoms with Gasteiger partial charge in [0.2, 0.25) is 5.91 Å². The van der Waals surface area contributed by atoms with Crippen molar-refractivity contribution in [3.8, 4) is 0 Å². The highest BCUT2D eigenvalue weighted by Crippen LogP contribution is 2.26. The fraction of sp³-hybridized carbons (Fsp3) is 0.863. The molecule has 0 aromatic rings. The molecule has 0 aromatic heterocycles. The number of aliphatic hydroxyl groups is 5. The SMILES string of the molecule is CCCCCCCCCCCC/C=C\CCCCCCCCC(O)C(=O)NC(COC1OC(CO)C(O)C(OS(=O)(=O)O)C1O)C(O)/C=C/CC/C=C/CCCCCCCCCCCC. The number of rotatable bonds is 44. The minimum atomic E-state index is -5.12. The van der Waals surface area contributed by atoms with E-state index in [-0.39, 0.29) is 6.42 Å². The van der Waals surface area contributed by atoms with Crippen LogP contribution in [0.15, 0.2) is 36.5 Å². The molecule has 382 valence electrons. The van der Waals surface area contributed by atoms with E-state index in [1.807, 2.05) is 0 Å². The van der Waals surface area contributed by atoms with E-state index in [1.54, 1.807) is 6.08 Å². The average molecular weight is 946 g/mol. The first-order chi connectivity index (χ1) is 31.4. The highest BCUT2D eigenvalue weighted by molar-refractivity contribution is 7.80. The Bertz CT molecular complexity index is 1310. The molecule has 0 saturated carbocycles. The number of ether oxygens (including phenoxy) is 2. The molecule has 0 aromatic carbocycles. The summed E-state index contributed by atoms with van der Waals surface area (Å²) in [5.74, 6) is -0.716. The number of carbonyl (C=O) groups excluding carboxylic acids is 1. The number of unbranched alkanes of at least 4 members (excludes halogenated alkanes) is 27. The van der Waals surface area contributed by atoms with E-state index in [2.05, 4.69) is 47.7 Å². The Morgan fingerprint density at radius 3 is 1.48 bits per heavy atom. The molecule has 7 N–H and O–H groups in total. The van der Waals surface area contributed by atoms with Crippen LogP contribution >= 0.6 is 0 Å².